The molecule has 0 atom stereocenters. The third-order valence-corrected chi connectivity index (χ3v) is 3.25. The number of carbonyl (C=O) groups is 1. The monoisotopic (exact) mass is 365 g/mol. The Morgan fingerprint density at radius 3 is 2.17 bits per heavy atom. The Kier molecular flexibility index (Phi) is 10.3. The van der Waals surface area contributed by atoms with Crippen LogP contribution in [0.1, 0.15) is 48.0 Å². The first-order valence-corrected chi connectivity index (χ1v) is 8.82. The molecule has 9 heteroatoms. The van der Waals surface area contributed by atoms with E-state index in [0.717, 1.165) is 11.8 Å². The van der Waals surface area contributed by atoms with E-state index < -0.39 is 21.8 Å². The van der Waals surface area contributed by atoms with Gasteiger partial charge in [-0.15, -0.1) is 0 Å². The molecule has 0 aliphatic carbocycles. The Morgan fingerprint density at radius 1 is 1.29 bits per heavy atom. The second-order valence-corrected chi connectivity index (χ2v) is 7.48. The molecule has 0 unspecified atom stereocenters. The smallest absolute Gasteiger partial charge is 0.410 e. The van der Waals surface area contributed by atoms with Gasteiger partial charge in [0.15, 0.2) is 0 Å². The minimum atomic E-state index is -3.59. The second-order valence-electron chi connectivity index (χ2n) is 5.90. The SMILES string of the molecule is C.CCC1=C(OS(C)(=O)=O)CN(C(=O)OC(C)(C)C)CC1.O=C=O. The number of hydrogen-bond donors (Lipinski definition) is 0. The van der Waals surface area contributed by atoms with Crippen molar-refractivity contribution in [3.05, 3.63) is 11.3 Å². The molecule has 0 aromatic heterocycles. The van der Waals surface area contributed by atoms with E-state index in [2.05, 4.69) is 0 Å². The zero-order valence-electron chi connectivity index (χ0n) is 14.0. The topological polar surface area (TPSA) is 107 Å². The molecular formula is C15H27NO7S. The lowest BCUT2D eigenvalue weighted by atomic mass is 10.0. The van der Waals surface area contributed by atoms with Crippen LogP contribution >= 0.6 is 0 Å². The molecule has 8 nitrogen and oxygen atoms in total. The first kappa shape index (κ1) is 24.4. The molecule has 0 aromatic carbocycles. The van der Waals surface area contributed by atoms with Crippen molar-refractivity contribution in [2.75, 3.05) is 19.3 Å². The average molecular weight is 365 g/mol. The van der Waals surface area contributed by atoms with E-state index in [4.69, 9.17) is 18.5 Å². The highest BCUT2D eigenvalue weighted by Crippen LogP contribution is 2.24. The summed E-state index contributed by atoms with van der Waals surface area (Å²) in [5, 5.41) is 0. The molecule has 0 saturated carbocycles. The molecule has 140 valence electrons. The summed E-state index contributed by atoms with van der Waals surface area (Å²) in [6, 6.07) is 0. The fourth-order valence-electron chi connectivity index (χ4n) is 1.90. The van der Waals surface area contributed by atoms with Crippen molar-refractivity contribution in [3.8, 4) is 0 Å². The highest BCUT2D eigenvalue weighted by molar-refractivity contribution is 7.86. The van der Waals surface area contributed by atoms with Gasteiger partial charge in [0.05, 0.1) is 12.8 Å². The molecule has 1 rings (SSSR count). The van der Waals surface area contributed by atoms with E-state index in [1.807, 2.05) is 6.92 Å². The summed E-state index contributed by atoms with van der Waals surface area (Å²) in [5.74, 6) is 0.340. The van der Waals surface area contributed by atoms with Crippen LogP contribution in [0.2, 0.25) is 0 Å². The van der Waals surface area contributed by atoms with Crippen LogP contribution in [0, 0.1) is 0 Å². The molecule has 1 heterocycles. The third-order valence-electron chi connectivity index (χ3n) is 2.74. The van der Waals surface area contributed by atoms with E-state index >= 15 is 0 Å². The molecule has 0 bridgehead atoms. The van der Waals surface area contributed by atoms with Gasteiger partial charge in [0.2, 0.25) is 0 Å². The Hall–Kier alpha value is -1.86. The number of hydrogen-bond acceptors (Lipinski definition) is 7. The van der Waals surface area contributed by atoms with Gasteiger partial charge in [0, 0.05) is 6.54 Å². The van der Waals surface area contributed by atoms with E-state index in [-0.39, 0.29) is 20.1 Å². The standard InChI is InChI=1S/C13H23NO5S.CO2.CH4/c1-6-10-7-8-14(12(15)18-13(2,3)4)9-11(10)19-20(5,16)17;2-1-3;/h6-9H2,1-5H3;;1H4. The van der Waals surface area contributed by atoms with E-state index in [9.17, 15) is 13.2 Å². The van der Waals surface area contributed by atoms with Crippen LogP contribution in [-0.4, -0.2) is 50.5 Å². The van der Waals surface area contributed by atoms with Gasteiger partial charge < -0.3 is 13.8 Å². The van der Waals surface area contributed by atoms with Gasteiger partial charge in [-0.25, -0.2) is 4.79 Å². The molecule has 1 aliphatic heterocycles. The second kappa shape index (κ2) is 10.1. The summed E-state index contributed by atoms with van der Waals surface area (Å²) < 4.78 is 32.8. The molecule has 0 saturated heterocycles. The molecule has 0 radical (unpaired) electrons. The Morgan fingerprint density at radius 2 is 1.79 bits per heavy atom. The highest BCUT2D eigenvalue weighted by Gasteiger charge is 2.28. The molecule has 0 spiro atoms. The fraction of sp³-hybridized carbons (Fsp3) is 0.733. The number of ether oxygens (including phenoxy) is 1. The molecular weight excluding hydrogens is 338 g/mol. The van der Waals surface area contributed by atoms with Crippen LogP contribution in [0.25, 0.3) is 0 Å². The molecule has 1 aliphatic rings. The fourth-order valence-corrected chi connectivity index (χ4v) is 2.43. The molecule has 0 N–H and O–H groups in total. The maximum Gasteiger partial charge on any atom is 0.410 e. The lowest BCUT2D eigenvalue weighted by Crippen LogP contribution is -2.41. The van der Waals surface area contributed by atoms with Crippen LogP contribution in [0.15, 0.2) is 11.3 Å². The lowest BCUT2D eigenvalue weighted by Gasteiger charge is -2.31. The van der Waals surface area contributed by atoms with Gasteiger partial charge in [-0.2, -0.15) is 18.0 Å². The normalized spacial score (nSPS) is 14.6. The maximum absolute atomic E-state index is 12.0. The predicted octanol–water partition coefficient (Wildman–Crippen LogP) is 2.32. The maximum atomic E-state index is 12.0. The summed E-state index contributed by atoms with van der Waals surface area (Å²) in [7, 11) is -3.59. The zero-order chi connectivity index (χ0) is 18.3. The largest absolute Gasteiger partial charge is 0.444 e. The molecule has 0 fully saturated rings. The van der Waals surface area contributed by atoms with Gasteiger partial charge in [-0.05, 0) is 39.2 Å². The Labute approximate surface area is 143 Å². The summed E-state index contributed by atoms with van der Waals surface area (Å²) in [5.41, 5.74) is 0.346. The summed E-state index contributed by atoms with van der Waals surface area (Å²) in [4.78, 5) is 29.7. The molecule has 1 amide bonds. The first-order chi connectivity index (χ1) is 10.4. The Bertz CT molecular complexity index is 581. The number of amides is 1. The predicted molar refractivity (Wildman–Crippen MR) is 87.4 cm³/mol. The van der Waals surface area contributed by atoms with Crippen LogP contribution < -0.4 is 0 Å². The lowest BCUT2D eigenvalue weighted by molar-refractivity contribution is -0.191. The number of carbonyl (C=O) groups excluding carboxylic acids is 3. The van der Waals surface area contributed by atoms with Crippen LogP contribution in [-0.2, 0) is 28.6 Å². The van der Waals surface area contributed by atoms with Gasteiger partial charge in [0.25, 0.3) is 0 Å². The van der Waals surface area contributed by atoms with Crippen molar-refractivity contribution >= 4 is 22.4 Å². The van der Waals surface area contributed by atoms with Crippen LogP contribution in [0.5, 0.6) is 0 Å². The average Bonchev–Trinajstić information content (AvgIpc) is 2.35. The molecule has 24 heavy (non-hydrogen) atoms. The third kappa shape index (κ3) is 10.0. The highest BCUT2D eigenvalue weighted by atomic mass is 32.2. The van der Waals surface area contributed by atoms with E-state index in [1.165, 1.54) is 4.90 Å². The number of nitrogens with zero attached hydrogens (tertiary/aromatic N) is 1. The summed E-state index contributed by atoms with van der Waals surface area (Å²) in [6.45, 7) is 7.94. The van der Waals surface area contributed by atoms with Crippen molar-refractivity contribution in [2.24, 2.45) is 0 Å². The van der Waals surface area contributed by atoms with Crippen molar-refractivity contribution in [2.45, 2.75) is 53.6 Å². The van der Waals surface area contributed by atoms with E-state index in [0.29, 0.717) is 25.1 Å². The summed E-state index contributed by atoms with van der Waals surface area (Å²) in [6.07, 6.45) is 2.09. The Balaban J connectivity index is 0. The molecule has 0 aromatic rings. The summed E-state index contributed by atoms with van der Waals surface area (Å²) >= 11 is 0. The minimum Gasteiger partial charge on any atom is -0.444 e. The van der Waals surface area contributed by atoms with Crippen molar-refractivity contribution in [1.82, 2.24) is 4.90 Å². The van der Waals surface area contributed by atoms with Crippen molar-refractivity contribution < 1.29 is 31.7 Å². The van der Waals surface area contributed by atoms with Gasteiger partial charge in [0.1, 0.15) is 11.4 Å². The quantitative estimate of drug-likeness (QED) is 0.706. The van der Waals surface area contributed by atoms with Gasteiger partial charge in [-0.3, -0.25) is 0 Å². The van der Waals surface area contributed by atoms with Crippen LogP contribution in [0.4, 0.5) is 4.79 Å². The minimum absolute atomic E-state index is 0. The van der Waals surface area contributed by atoms with Gasteiger partial charge in [-0.1, -0.05) is 14.4 Å². The zero-order valence-corrected chi connectivity index (χ0v) is 14.9. The van der Waals surface area contributed by atoms with Crippen molar-refractivity contribution in [1.29, 1.82) is 0 Å². The van der Waals surface area contributed by atoms with E-state index in [1.54, 1.807) is 20.8 Å². The first-order valence-electron chi connectivity index (χ1n) is 7.01. The van der Waals surface area contributed by atoms with Gasteiger partial charge >= 0.3 is 22.4 Å². The van der Waals surface area contributed by atoms with Crippen LogP contribution in [0.3, 0.4) is 0 Å². The number of rotatable bonds is 3. The van der Waals surface area contributed by atoms with Crippen molar-refractivity contribution in [3.63, 3.8) is 0 Å².